The third kappa shape index (κ3) is 3.95. The molecular formula is C35H37N5O. The third-order valence-corrected chi connectivity index (χ3v) is 9.37. The SMILES string of the molecule is COc1ccccc1-c1nnc2c(=Cc3cc4c5c(c3C)C(C)(C)CCN5CCC4(C)C)c(-c3ccccc3)nn12. The number of benzene rings is 3. The number of aromatic nitrogens is 4. The van der Waals surface area contributed by atoms with E-state index in [-0.39, 0.29) is 10.8 Å². The highest BCUT2D eigenvalue weighted by Gasteiger charge is 2.41. The lowest BCUT2D eigenvalue weighted by Crippen LogP contribution is -2.45. The minimum absolute atomic E-state index is 0.107. The standard InChI is InChI=1S/C35H37N5O/c1-22-24(21-27-31-29(22)35(4,5)17-19-39(31)18-16-34(27,2)3)20-26-30(23-12-8-7-9-13-23)38-40-32(36-37-33(26)40)25-14-10-11-15-28(25)41-6/h7-15,20-21H,16-19H2,1-6H3. The summed E-state index contributed by atoms with van der Waals surface area (Å²) in [6, 6.07) is 20.7. The molecule has 0 saturated carbocycles. The maximum Gasteiger partial charge on any atom is 0.189 e. The highest BCUT2D eigenvalue weighted by atomic mass is 16.5. The summed E-state index contributed by atoms with van der Waals surface area (Å²) in [6.45, 7) is 14.2. The van der Waals surface area contributed by atoms with Gasteiger partial charge in [0.05, 0.1) is 12.7 Å². The van der Waals surface area contributed by atoms with Crippen LogP contribution in [0.5, 0.6) is 5.75 Å². The Morgan fingerprint density at radius 2 is 1.59 bits per heavy atom. The average molecular weight is 544 g/mol. The van der Waals surface area contributed by atoms with E-state index in [1.807, 2.05) is 34.8 Å². The van der Waals surface area contributed by atoms with E-state index in [0.717, 1.165) is 59.4 Å². The van der Waals surface area contributed by atoms with Crippen LogP contribution >= 0.6 is 0 Å². The largest absolute Gasteiger partial charge is 0.496 e. The van der Waals surface area contributed by atoms with Gasteiger partial charge < -0.3 is 9.64 Å². The van der Waals surface area contributed by atoms with Crippen molar-refractivity contribution in [2.24, 2.45) is 0 Å². The Hall–Kier alpha value is -4.19. The van der Waals surface area contributed by atoms with Crippen molar-refractivity contribution in [2.75, 3.05) is 25.1 Å². The molecule has 5 aromatic rings. The highest BCUT2D eigenvalue weighted by molar-refractivity contribution is 5.78. The second-order valence-corrected chi connectivity index (χ2v) is 12.8. The van der Waals surface area contributed by atoms with Gasteiger partial charge in [0.25, 0.3) is 0 Å². The molecule has 6 nitrogen and oxygen atoms in total. The van der Waals surface area contributed by atoms with E-state index in [0.29, 0.717) is 5.82 Å². The molecule has 2 aliphatic heterocycles. The first kappa shape index (κ1) is 25.8. The van der Waals surface area contributed by atoms with Crippen LogP contribution in [0.1, 0.15) is 62.8 Å². The molecule has 0 saturated heterocycles. The lowest BCUT2D eigenvalue weighted by molar-refractivity contribution is 0.400. The Morgan fingerprint density at radius 3 is 2.34 bits per heavy atom. The van der Waals surface area contributed by atoms with Crippen LogP contribution in [0.15, 0.2) is 60.7 Å². The highest BCUT2D eigenvalue weighted by Crippen LogP contribution is 2.51. The van der Waals surface area contributed by atoms with E-state index in [1.165, 1.54) is 27.9 Å². The molecular weight excluding hydrogens is 506 g/mol. The number of methoxy groups -OCH3 is 1. The van der Waals surface area contributed by atoms with Gasteiger partial charge in [0.15, 0.2) is 11.5 Å². The first-order chi connectivity index (χ1) is 19.7. The van der Waals surface area contributed by atoms with Crippen molar-refractivity contribution < 1.29 is 4.74 Å². The Morgan fingerprint density at radius 1 is 0.878 bits per heavy atom. The topological polar surface area (TPSA) is 55.6 Å². The zero-order valence-corrected chi connectivity index (χ0v) is 24.8. The Bertz CT molecular complexity index is 1850. The second kappa shape index (κ2) is 9.16. The van der Waals surface area contributed by atoms with Gasteiger partial charge in [-0.25, -0.2) is 0 Å². The van der Waals surface area contributed by atoms with Crippen LogP contribution < -0.4 is 14.9 Å². The Kier molecular flexibility index (Phi) is 5.76. The number of fused-ring (bicyclic) bond motifs is 1. The summed E-state index contributed by atoms with van der Waals surface area (Å²) in [4.78, 5) is 2.63. The number of rotatable bonds is 4. The number of ether oxygens (including phenoxy) is 1. The molecule has 0 spiro atoms. The monoisotopic (exact) mass is 543 g/mol. The predicted octanol–water partition coefficient (Wildman–Crippen LogP) is 6.49. The molecule has 41 heavy (non-hydrogen) atoms. The number of hydrogen-bond acceptors (Lipinski definition) is 5. The number of hydrogen-bond donors (Lipinski definition) is 0. The molecule has 7 rings (SSSR count). The van der Waals surface area contributed by atoms with E-state index in [9.17, 15) is 0 Å². The Balaban J connectivity index is 1.54. The minimum atomic E-state index is 0.107. The molecule has 2 aliphatic rings. The van der Waals surface area contributed by atoms with Crippen LogP contribution in [0.25, 0.3) is 34.4 Å². The molecule has 0 aliphatic carbocycles. The van der Waals surface area contributed by atoms with Gasteiger partial charge in [-0.3, -0.25) is 0 Å². The smallest absolute Gasteiger partial charge is 0.189 e. The number of anilines is 1. The van der Waals surface area contributed by atoms with E-state index in [2.05, 4.69) is 81.0 Å². The maximum absolute atomic E-state index is 5.66. The van der Waals surface area contributed by atoms with Gasteiger partial charge in [-0.2, -0.15) is 9.61 Å². The molecule has 208 valence electrons. The molecule has 0 atom stereocenters. The van der Waals surface area contributed by atoms with Crippen LogP contribution in [0.4, 0.5) is 5.69 Å². The number of para-hydroxylation sites is 1. The summed E-state index contributed by atoms with van der Waals surface area (Å²) in [7, 11) is 1.68. The van der Waals surface area contributed by atoms with Crippen LogP contribution in [-0.2, 0) is 10.8 Å². The van der Waals surface area contributed by atoms with Gasteiger partial charge in [-0.1, -0.05) is 70.2 Å². The first-order valence-electron chi connectivity index (χ1n) is 14.6. The molecule has 0 fully saturated rings. The van der Waals surface area contributed by atoms with Gasteiger partial charge in [0, 0.05) is 29.6 Å². The van der Waals surface area contributed by atoms with E-state index < -0.39 is 0 Å². The zero-order valence-electron chi connectivity index (χ0n) is 24.8. The summed E-state index contributed by atoms with van der Waals surface area (Å²) < 4.78 is 7.54. The Labute approximate surface area is 241 Å². The van der Waals surface area contributed by atoms with Crippen molar-refractivity contribution in [3.05, 3.63) is 88.1 Å². The quantitative estimate of drug-likeness (QED) is 0.259. The summed E-state index contributed by atoms with van der Waals surface area (Å²) >= 11 is 0. The molecule has 0 N–H and O–H groups in total. The van der Waals surface area contributed by atoms with Crippen molar-refractivity contribution in [3.63, 3.8) is 0 Å². The van der Waals surface area contributed by atoms with Crippen LogP contribution in [0.2, 0.25) is 0 Å². The molecule has 0 radical (unpaired) electrons. The summed E-state index contributed by atoms with van der Waals surface area (Å²) in [6.07, 6.45) is 4.62. The van der Waals surface area contributed by atoms with Gasteiger partial charge in [0.2, 0.25) is 0 Å². The molecule has 3 aromatic carbocycles. The van der Waals surface area contributed by atoms with Crippen molar-refractivity contribution in [3.8, 4) is 28.4 Å². The van der Waals surface area contributed by atoms with Crippen molar-refractivity contribution in [2.45, 2.75) is 58.3 Å². The summed E-state index contributed by atoms with van der Waals surface area (Å²) in [5.74, 6) is 1.42. The van der Waals surface area contributed by atoms with Crippen molar-refractivity contribution in [1.82, 2.24) is 19.8 Å². The average Bonchev–Trinajstić information content (AvgIpc) is 3.53. The third-order valence-electron chi connectivity index (χ3n) is 9.37. The molecule has 6 heteroatoms. The van der Waals surface area contributed by atoms with Crippen molar-refractivity contribution in [1.29, 1.82) is 0 Å². The summed E-state index contributed by atoms with van der Waals surface area (Å²) in [5.41, 5.74) is 10.8. The maximum atomic E-state index is 5.66. The molecule has 0 unspecified atom stereocenters. The fourth-order valence-electron chi connectivity index (χ4n) is 6.93. The normalized spacial score (nSPS) is 17.6. The van der Waals surface area contributed by atoms with Crippen LogP contribution in [-0.4, -0.2) is 40.0 Å². The van der Waals surface area contributed by atoms with E-state index >= 15 is 0 Å². The first-order valence-corrected chi connectivity index (χ1v) is 14.6. The lowest BCUT2D eigenvalue weighted by atomic mass is 9.67. The van der Waals surface area contributed by atoms with Gasteiger partial charge >= 0.3 is 0 Å². The minimum Gasteiger partial charge on any atom is -0.496 e. The fraction of sp³-hybridized carbons (Fsp3) is 0.343. The summed E-state index contributed by atoms with van der Waals surface area (Å²) in [5, 5.41) is 15.4. The van der Waals surface area contributed by atoms with Gasteiger partial charge in [0.1, 0.15) is 11.4 Å². The van der Waals surface area contributed by atoms with Gasteiger partial charge in [-0.15, -0.1) is 10.2 Å². The van der Waals surface area contributed by atoms with E-state index in [1.54, 1.807) is 7.11 Å². The molecule has 4 heterocycles. The van der Waals surface area contributed by atoms with Crippen LogP contribution in [0, 0.1) is 6.92 Å². The van der Waals surface area contributed by atoms with Crippen molar-refractivity contribution >= 4 is 17.4 Å². The fourth-order valence-corrected chi connectivity index (χ4v) is 6.93. The molecule has 2 aromatic heterocycles. The second-order valence-electron chi connectivity index (χ2n) is 12.8. The number of nitrogens with zero attached hydrogens (tertiary/aromatic N) is 5. The molecule has 0 bridgehead atoms. The van der Waals surface area contributed by atoms with Gasteiger partial charge in [-0.05, 0) is 77.1 Å². The zero-order chi connectivity index (χ0) is 28.5. The van der Waals surface area contributed by atoms with E-state index in [4.69, 9.17) is 14.9 Å². The molecule has 0 amide bonds. The predicted molar refractivity (Wildman–Crippen MR) is 166 cm³/mol. The van der Waals surface area contributed by atoms with Crippen LogP contribution in [0.3, 0.4) is 0 Å². The lowest BCUT2D eigenvalue weighted by Gasteiger charge is -2.49.